The molecular weight excluding hydrogens is 478 g/mol. The van der Waals surface area contributed by atoms with Crippen molar-refractivity contribution in [1.29, 1.82) is 0 Å². The maximum absolute atomic E-state index is 14.1. The molecule has 0 aromatic heterocycles. The second-order valence-corrected chi connectivity index (χ2v) is 11.7. The van der Waals surface area contributed by atoms with Gasteiger partial charge in [0, 0.05) is 41.4 Å². The van der Waals surface area contributed by atoms with Gasteiger partial charge in [-0.05, 0) is 32.9 Å². The van der Waals surface area contributed by atoms with Gasteiger partial charge in [0.2, 0.25) is 10.0 Å². The first-order valence-corrected chi connectivity index (χ1v) is 13.4. The van der Waals surface area contributed by atoms with Crippen LogP contribution in [0.15, 0.2) is 65.6 Å². The average molecular weight is 511 g/mol. The molecule has 0 bridgehead atoms. The summed E-state index contributed by atoms with van der Waals surface area (Å²) in [6, 6.07) is 17.2. The van der Waals surface area contributed by atoms with E-state index < -0.39 is 27.8 Å². The van der Waals surface area contributed by atoms with Crippen LogP contribution in [0.5, 0.6) is 0 Å². The Morgan fingerprint density at radius 2 is 1.64 bits per heavy atom. The van der Waals surface area contributed by atoms with Crippen molar-refractivity contribution in [1.82, 2.24) is 14.5 Å². The van der Waals surface area contributed by atoms with Gasteiger partial charge in [-0.25, -0.2) is 22.7 Å². The molecule has 36 heavy (non-hydrogen) atoms. The maximum Gasteiger partial charge on any atom is 0.408 e. The van der Waals surface area contributed by atoms with Gasteiger partial charge in [0.15, 0.2) is 11.7 Å². The van der Waals surface area contributed by atoms with E-state index in [1.54, 1.807) is 59.0 Å². The van der Waals surface area contributed by atoms with Crippen LogP contribution in [0.3, 0.4) is 0 Å². The summed E-state index contributed by atoms with van der Waals surface area (Å²) in [5, 5.41) is 3.91. The normalized spacial score (nSPS) is 20.1. The number of hydrogen-bond donors (Lipinski definition) is 2. The van der Waals surface area contributed by atoms with Crippen molar-refractivity contribution in [3.8, 4) is 0 Å². The van der Waals surface area contributed by atoms with Crippen molar-refractivity contribution in [2.24, 2.45) is 0 Å². The monoisotopic (exact) mass is 510 g/mol. The van der Waals surface area contributed by atoms with Crippen LogP contribution in [0.2, 0.25) is 0 Å². The van der Waals surface area contributed by atoms with E-state index in [4.69, 9.17) is 4.74 Å². The summed E-state index contributed by atoms with van der Waals surface area (Å²) in [5.74, 6) is -0.244. The number of para-hydroxylation sites is 1. The summed E-state index contributed by atoms with van der Waals surface area (Å²) in [4.78, 5) is 26.9. The third-order valence-corrected chi connectivity index (χ3v) is 7.90. The molecule has 4 rings (SSSR count). The molecular formula is C27H32N3O5S+. The van der Waals surface area contributed by atoms with E-state index in [0.29, 0.717) is 22.9 Å². The van der Waals surface area contributed by atoms with Crippen LogP contribution < -0.4 is 14.5 Å². The fraction of sp³-hybridized carbons (Fsp3) is 0.333. The van der Waals surface area contributed by atoms with Crippen molar-refractivity contribution in [2.75, 3.05) is 13.6 Å². The number of fused-ring (bicyclic) bond motifs is 2. The van der Waals surface area contributed by atoms with Gasteiger partial charge >= 0.3 is 12.0 Å². The first kappa shape index (κ1) is 25.8. The highest BCUT2D eigenvalue weighted by Gasteiger charge is 2.49. The van der Waals surface area contributed by atoms with Gasteiger partial charge in [-0.2, -0.15) is 4.48 Å². The van der Waals surface area contributed by atoms with Gasteiger partial charge in [-0.1, -0.05) is 43.3 Å². The summed E-state index contributed by atoms with van der Waals surface area (Å²) in [6.45, 7) is 7.28. The van der Waals surface area contributed by atoms with Crippen LogP contribution in [-0.4, -0.2) is 45.7 Å². The van der Waals surface area contributed by atoms with E-state index >= 15 is 0 Å². The van der Waals surface area contributed by atoms with E-state index in [2.05, 4.69) is 10.0 Å². The van der Waals surface area contributed by atoms with E-state index in [9.17, 15) is 18.0 Å². The zero-order valence-electron chi connectivity index (χ0n) is 21.2. The Bertz CT molecular complexity index is 1450. The molecule has 8 nitrogen and oxygen atoms in total. The Morgan fingerprint density at radius 3 is 2.33 bits per heavy atom. The molecule has 0 saturated heterocycles. The van der Waals surface area contributed by atoms with Crippen molar-refractivity contribution >= 4 is 44.2 Å². The fourth-order valence-corrected chi connectivity index (χ4v) is 6.09. The molecule has 2 N–H and O–H groups in total. The molecule has 2 amide bonds. The number of sulfonamides is 1. The second kappa shape index (κ2) is 9.31. The lowest BCUT2D eigenvalue weighted by molar-refractivity contribution is -0.129. The third kappa shape index (κ3) is 4.61. The highest BCUT2D eigenvalue weighted by atomic mass is 32.2. The molecule has 3 aromatic carbocycles. The minimum Gasteiger partial charge on any atom is -0.444 e. The Balaban J connectivity index is 1.89. The van der Waals surface area contributed by atoms with Crippen LogP contribution in [-0.2, 0) is 26.0 Å². The zero-order valence-corrected chi connectivity index (χ0v) is 22.0. The Morgan fingerprint density at radius 1 is 1.00 bits per heavy atom. The summed E-state index contributed by atoms with van der Waals surface area (Å²) in [5.41, 5.74) is 1.60. The molecule has 0 spiro atoms. The summed E-state index contributed by atoms with van der Waals surface area (Å²) >= 11 is 0. The van der Waals surface area contributed by atoms with Crippen LogP contribution in [0.4, 0.5) is 16.2 Å². The zero-order chi connectivity index (χ0) is 26.3. The van der Waals surface area contributed by atoms with Crippen molar-refractivity contribution < 1.29 is 22.7 Å². The highest BCUT2D eigenvalue weighted by molar-refractivity contribution is 7.89. The van der Waals surface area contributed by atoms with Crippen LogP contribution in [0.25, 0.3) is 10.8 Å². The highest BCUT2D eigenvalue weighted by Crippen LogP contribution is 2.44. The smallest absolute Gasteiger partial charge is 0.408 e. The molecule has 0 radical (unpaired) electrons. The van der Waals surface area contributed by atoms with E-state index in [1.165, 1.54) is 0 Å². The molecule has 3 aromatic rings. The fourth-order valence-electron chi connectivity index (χ4n) is 4.83. The average Bonchev–Trinajstić information content (AvgIpc) is 2.80. The van der Waals surface area contributed by atoms with E-state index in [0.717, 1.165) is 11.3 Å². The number of amides is 2. The van der Waals surface area contributed by atoms with Crippen molar-refractivity contribution in [3.63, 3.8) is 0 Å². The van der Waals surface area contributed by atoms with Crippen LogP contribution in [0, 0.1) is 0 Å². The first-order chi connectivity index (χ1) is 16.9. The lowest BCUT2D eigenvalue weighted by Gasteiger charge is -2.39. The van der Waals surface area contributed by atoms with Crippen LogP contribution in [0.1, 0.15) is 33.3 Å². The quantitative estimate of drug-likeness (QED) is 0.496. The number of likely N-dealkylation sites (N-methyl/N-ethyl adjacent to an activating group) is 1. The standard InChI is InChI=1S/C27H31N3O5S/c1-6-28-36(33,34)24-16-10-12-19-20(24)13-9-15-23(19)30(5)22-14-8-7-11-18(22)17-21(25(30)31)29-26(32)35-27(2,3)4/h7-16,21,28H,6,17H2,1-5H3/p+1/t21-,30?/m0/s1. The van der Waals surface area contributed by atoms with E-state index in [1.807, 2.05) is 36.4 Å². The molecule has 2 atom stereocenters. The molecule has 1 unspecified atom stereocenters. The van der Waals surface area contributed by atoms with Gasteiger partial charge in [0.05, 0.1) is 11.9 Å². The van der Waals surface area contributed by atoms with Gasteiger partial charge < -0.3 is 10.1 Å². The van der Waals surface area contributed by atoms with Crippen molar-refractivity contribution in [2.45, 2.75) is 50.7 Å². The summed E-state index contributed by atoms with van der Waals surface area (Å²) in [6.07, 6.45) is -0.337. The number of quaternary nitrogens is 1. The molecule has 1 aliphatic heterocycles. The lowest BCUT2D eigenvalue weighted by atomic mass is 9.93. The van der Waals surface area contributed by atoms with Crippen LogP contribution >= 0.6 is 0 Å². The number of benzene rings is 3. The SMILES string of the molecule is CCNS(=O)(=O)c1cccc2c([N+]3(C)C(=O)[C@@H](NC(=O)OC(C)(C)C)Cc4ccccc43)cccc12. The molecule has 9 heteroatoms. The molecule has 1 heterocycles. The molecule has 0 saturated carbocycles. The van der Waals surface area contributed by atoms with Gasteiger partial charge in [-0.3, -0.25) is 0 Å². The van der Waals surface area contributed by atoms with Crippen molar-refractivity contribution in [3.05, 3.63) is 66.2 Å². The summed E-state index contributed by atoms with van der Waals surface area (Å²) in [7, 11) is -1.96. The number of rotatable bonds is 5. The number of carbonyl (C=O) groups excluding carboxylic acids is 2. The summed E-state index contributed by atoms with van der Waals surface area (Å²) < 4.78 is 33.6. The maximum atomic E-state index is 14.1. The number of nitrogens with one attached hydrogen (secondary N) is 2. The largest absolute Gasteiger partial charge is 0.444 e. The molecule has 1 aliphatic rings. The topological polar surface area (TPSA) is 102 Å². The van der Waals surface area contributed by atoms with Gasteiger partial charge in [0.1, 0.15) is 11.3 Å². The minimum absolute atomic E-state index is 0.150. The number of hydrogen-bond acceptors (Lipinski definition) is 5. The second-order valence-electron chi connectivity index (χ2n) is 10.0. The third-order valence-electron chi connectivity index (χ3n) is 6.29. The predicted molar refractivity (Wildman–Crippen MR) is 140 cm³/mol. The number of nitrogens with zero attached hydrogens (tertiary/aromatic N) is 1. The Labute approximate surface area is 211 Å². The molecule has 0 fully saturated rings. The number of alkyl carbamates (subject to hydrolysis) is 1. The number of ether oxygens (including phenoxy) is 1. The minimum atomic E-state index is -3.74. The Hall–Kier alpha value is -3.27. The number of carbonyl (C=O) groups is 2. The first-order valence-electron chi connectivity index (χ1n) is 11.9. The van der Waals surface area contributed by atoms with Gasteiger partial charge in [-0.15, -0.1) is 0 Å². The van der Waals surface area contributed by atoms with E-state index in [-0.39, 0.29) is 21.8 Å². The lowest BCUT2D eigenvalue weighted by Crippen LogP contribution is -2.60. The predicted octanol–water partition coefficient (Wildman–Crippen LogP) is 4.38. The Kier molecular flexibility index (Phi) is 6.68. The molecule has 0 aliphatic carbocycles. The molecule has 190 valence electrons. The van der Waals surface area contributed by atoms with Gasteiger partial charge in [0.25, 0.3) is 0 Å².